The highest BCUT2D eigenvalue weighted by atomic mass is 16.5. The summed E-state index contributed by atoms with van der Waals surface area (Å²) in [5.74, 6) is 0.930. The zero-order valence-electron chi connectivity index (χ0n) is 18.2. The summed E-state index contributed by atoms with van der Waals surface area (Å²) in [4.78, 5) is 36.4. The van der Waals surface area contributed by atoms with Crippen LogP contribution in [0, 0.1) is 12.8 Å². The standard InChI is InChI=1S/C22H29N5O3/c1-6-7-11-18-15(4)23-21-24-22(25-27(21)20(18)29)26(19(28)14(2)3)13-16-9-8-10-17(12-16)30-5/h8-10,12,14H,6-7,11,13H2,1-5H3,(H,23,24,25). The highest BCUT2D eigenvalue weighted by Crippen LogP contribution is 2.20. The van der Waals surface area contributed by atoms with E-state index in [1.807, 2.05) is 45.0 Å². The molecule has 0 saturated carbocycles. The van der Waals surface area contributed by atoms with Crippen molar-refractivity contribution in [2.75, 3.05) is 12.0 Å². The molecule has 0 spiro atoms. The predicted octanol–water partition coefficient (Wildman–Crippen LogP) is 3.27. The first kappa shape index (κ1) is 21.5. The average Bonchev–Trinajstić information content (AvgIpc) is 3.15. The van der Waals surface area contributed by atoms with Crippen LogP contribution in [0.2, 0.25) is 0 Å². The Bertz CT molecular complexity index is 1100. The maximum atomic E-state index is 13.0. The molecule has 0 unspecified atom stereocenters. The normalized spacial score (nSPS) is 11.3. The fourth-order valence-corrected chi connectivity index (χ4v) is 3.33. The molecular weight excluding hydrogens is 382 g/mol. The molecule has 3 aromatic rings. The second kappa shape index (κ2) is 9.11. The van der Waals surface area contributed by atoms with Gasteiger partial charge in [0.25, 0.3) is 11.3 Å². The maximum Gasteiger partial charge on any atom is 0.277 e. The van der Waals surface area contributed by atoms with E-state index in [1.165, 1.54) is 4.52 Å². The van der Waals surface area contributed by atoms with E-state index < -0.39 is 0 Å². The first-order valence-electron chi connectivity index (χ1n) is 10.3. The van der Waals surface area contributed by atoms with Crippen LogP contribution in [0.25, 0.3) is 5.78 Å². The number of methoxy groups -OCH3 is 1. The Kier molecular flexibility index (Phi) is 6.54. The Morgan fingerprint density at radius 1 is 1.30 bits per heavy atom. The molecule has 30 heavy (non-hydrogen) atoms. The number of carbonyl (C=O) groups excluding carboxylic acids is 1. The Morgan fingerprint density at radius 3 is 2.73 bits per heavy atom. The van der Waals surface area contributed by atoms with Crippen LogP contribution >= 0.6 is 0 Å². The van der Waals surface area contributed by atoms with Crippen molar-refractivity contribution in [1.29, 1.82) is 0 Å². The molecule has 8 nitrogen and oxygen atoms in total. The second-order valence-corrected chi connectivity index (χ2v) is 7.70. The van der Waals surface area contributed by atoms with Crippen molar-refractivity contribution in [2.45, 2.75) is 53.5 Å². The summed E-state index contributed by atoms with van der Waals surface area (Å²) in [6, 6.07) is 7.52. The lowest BCUT2D eigenvalue weighted by Gasteiger charge is -2.22. The van der Waals surface area contributed by atoms with Gasteiger partial charge in [-0.3, -0.25) is 19.6 Å². The molecule has 1 aromatic carbocycles. The number of fused-ring (bicyclic) bond motifs is 1. The largest absolute Gasteiger partial charge is 0.497 e. The number of benzene rings is 1. The number of aromatic amines is 1. The van der Waals surface area contributed by atoms with Crippen LogP contribution < -0.4 is 15.2 Å². The Balaban J connectivity index is 2.05. The first-order chi connectivity index (χ1) is 14.3. The van der Waals surface area contributed by atoms with Gasteiger partial charge in [-0.15, -0.1) is 0 Å². The lowest BCUT2D eigenvalue weighted by molar-refractivity contribution is -0.121. The predicted molar refractivity (Wildman–Crippen MR) is 116 cm³/mol. The summed E-state index contributed by atoms with van der Waals surface area (Å²) in [7, 11) is 1.60. The molecule has 0 aliphatic rings. The lowest BCUT2D eigenvalue weighted by atomic mass is 10.1. The molecule has 0 atom stereocenters. The third kappa shape index (κ3) is 4.37. The molecule has 3 rings (SSSR count). The number of carbonyl (C=O) groups is 1. The van der Waals surface area contributed by atoms with Gasteiger partial charge < -0.3 is 4.74 Å². The van der Waals surface area contributed by atoms with Gasteiger partial charge in [0.2, 0.25) is 11.9 Å². The van der Waals surface area contributed by atoms with Crippen LogP contribution in [0.3, 0.4) is 0 Å². The summed E-state index contributed by atoms with van der Waals surface area (Å²) in [6.45, 7) is 7.88. The Morgan fingerprint density at radius 2 is 2.07 bits per heavy atom. The van der Waals surface area contributed by atoms with E-state index in [9.17, 15) is 9.59 Å². The minimum Gasteiger partial charge on any atom is -0.497 e. The maximum absolute atomic E-state index is 13.0. The van der Waals surface area contributed by atoms with E-state index in [0.717, 1.165) is 18.4 Å². The molecule has 2 heterocycles. The number of anilines is 1. The van der Waals surface area contributed by atoms with Gasteiger partial charge in [0.1, 0.15) is 5.75 Å². The van der Waals surface area contributed by atoms with E-state index in [-0.39, 0.29) is 23.2 Å². The third-order valence-electron chi connectivity index (χ3n) is 5.05. The third-order valence-corrected chi connectivity index (χ3v) is 5.05. The van der Waals surface area contributed by atoms with Crippen molar-refractivity contribution >= 4 is 17.6 Å². The topological polar surface area (TPSA) is 92.6 Å². The summed E-state index contributed by atoms with van der Waals surface area (Å²) < 4.78 is 6.62. The van der Waals surface area contributed by atoms with Crippen molar-refractivity contribution in [3.8, 4) is 5.75 Å². The van der Waals surface area contributed by atoms with E-state index in [2.05, 4.69) is 22.0 Å². The second-order valence-electron chi connectivity index (χ2n) is 7.70. The number of nitrogens with one attached hydrogen (secondary N) is 1. The highest BCUT2D eigenvalue weighted by Gasteiger charge is 2.24. The van der Waals surface area contributed by atoms with E-state index in [0.29, 0.717) is 35.9 Å². The number of amides is 1. The number of aryl methyl sites for hydroxylation is 1. The van der Waals surface area contributed by atoms with E-state index in [1.54, 1.807) is 12.0 Å². The number of nitrogens with zero attached hydrogens (tertiary/aromatic N) is 4. The number of ether oxygens (including phenoxy) is 1. The SMILES string of the molecule is CCCCc1c(C)nc2nc(N(Cc3cccc(OC)c3)C(=O)C(C)C)[nH]n2c1=O. The number of aromatic nitrogens is 4. The van der Waals surface area contributed by atoms with Crippen molar-refractivity contribution < 1.29 is 9.53 Å². The quantitative estimate of drug-likeness (QED) is 0.614. The molecule has 0 aliphatic carbocycles. The van der Waals surface area contributed by atoms with E-state index in [4.69, 9.17) is 4.74 Å². The molecule has 0 aliphatic heterocycles. The average molecular weight is 412 g/mol. The molecule has 1 N–H and O–H groups in total. The van der Waals surface area contributed by atoms with Crippen LogP contribution in [0.15, 0.2) is 29.1 Å². The van der Waals surface area contributed by atoms with Crippen molar-refractivity contribution in [3.63, 3.8) is 0 Å². The number of hydrogen-bond acceptors (Lipinski definition) is 5. The molecule has 0 fully saturated rings. The van der Waals surface area contributed by atoms with Gasteiger partial charge >= 0.3 is 0 Å². The molecule has 1 amide bonds. The number of hydrogen-bond donors (Lipinski definition) is 1. The zero-order valence-corrected chi connectivity index (χ0v) is 18.2. The van der Waals surface area contributed by atoms with Crippen molar-refractivity contribution in [2.24, 2.45) is 5.92 Å². The Hall–Kier alpha value is -3.16. The summed E-state index contributed by atoms with van der Waals surface area (Å²) in [6.07, 6.45) is 2.58. The molecule has 2 aromatic heterocycles. The molecule has 0 radical (unpaired) electrons. The molecular formula is C22H29N5O3. The van der Waals surface area contributed by atoms with Gasteiger partial charge in [0.15, 0.2) is 0 Å². The van der Waals surface area contributed by atoms with E-state index >= 15 is 0 Å². The van der Waals surface area contributed by atoms with Gasteiger partial charge in [-0.05, 0) is 37.5 Å². The zero-order chi connectivity index (χ0) is 21.8. The fourth-order valence-electron chi connectivity index (χ4n) is 3.33. The minimum absolute atomic E-state index is 0.104. The molecule has 160 valence electrons. The number of rotatable bonds is 8. The lowest BCUT2D eigenvalue weighted by Crippen LogP contribution is -2.34. The smallest absolute Gasteiger partial charge is 0.277 e. The van der Waals surface area contributed by atoms with Gasteiger partial charge in [-0.25, -0.2) is 4.98 Å². The number of unbranched alkanes of at least 4 members (excludes halogenated alkanes) is 1. The molecule has 8 heteroatoms. The Labute approximate surface area is 175 Å². The molecule has 0 bridgehead atoms. The van der Waals surface area contributed by atoms with Crippen LogP contribution in [0.1, 0.15) is 50.4 Å². The van der Waals surface area contributed by atoms with Gasteiger partial charge in [-0.2, -0.15) is 9.50 Å². The van der Waals surface area contributed by atoms with Crippen LogP contribution in [-0.4, -0.2) is 32.6 Å². The monoisotopic (exact) mass is 411 g/mol. The van der Waals surface area contributed by atoms with Gasteiger partial charge in [0, 0.05) is 11.5 Å². The summed E-state index contributed by atoms with van der Waals surface area (Å²) >= 11 is 0. The van der Waals surface area contributed by atoms with Gasteiger partial charge in [0.05, 0.1) is 19.3 Å². The van der Waals surface area contributed by atoms with Crippen LogP contribution in [0.4, 0.5) is 5.95 Å². The van der Waals surface area contributed by atoms with Crippen LogP contribution in [0.5, 0.6) is 5.75 Å². The highest BCUT2D eigenvalue weighted by molar-refractivity contribution is 5.93. The summed E-state index contributed by atoms with van der Waals surface area (Å²) in [5.41, 5.74) is 2.09. The van der Waals surface area contributed by atoms with Gasteiger partial charge in [-0.1, -0.05) is 39.3 Å². The molecule has 0 saturated heterocycles. The first-order valence-corrected chi connectivity index (χ1v) is 10.3. The van der Waals surface area contributed by atoms with Crippen molar-refractivity contribution in [1.82, 2.24) is 19.6 Å². The summed E-state index contributed by atoms with van der Waals surface area (Å²) in [5, 5.41) is 3.00. The fraction of sp³-hybridized carbons (Fsp3) is 0.455. The number of H-pyrrole nitrogens is 1. The minimum atomic E-state index is -0.240. The van der Waals surface area contributed by atoms with Crippen molar-refractivity contribution in [3.05, 3.63) is 51.4 Å². The van der Waals surface area contributed by atoms with Crippen LogP contribution in [-0.2, 0) is 17.8 Å².